The summed E-state index contributed by atoms with van der Waals surface area (Å²) in [4.78, 5) is 38.5. The van der Waals surface area contributed by atoms with Crippen LogP contribution in [0.5, 0.6) is 0 Å². The van der Waals surface area contributed by atoms with Gasteiger partial charge in [-0.1, -0.05) is 56.7 Å². The molecule has 7 rings (SSSR count). The smallest absolute Gasteiger partial charge is 0.331 e. The van der Waals surface area contributed by atoms with Crippen LogP contribution in [0.25, 0.3) is 6.08 Å². The Balaban J connectivity index is 1.34. The molecular weight excluding hydrogens is 572 g/mol. The van der Waals surface area contributed by atoms with E-state index in [1.165, 1.54) is 24.1 Å². The number of benzene rings is 1. The van der Waals surface area contributed by atoms with Crippen LogP contribution in [-0.2, 0) is 33.3 Å². The molecule has 0 radical (unpaired) electrons. The number of esters is 2. The van der Waals surface area contributed by atoms with Gasteiger partial charge in [0, 0.05) is 53.9 Å². The second-order valence-corrected chi connectivity index (χ2v) is 14.4. The zero-order valence-electron chi connectivity index (χ0n) is 26.6. The highest BCUT2D eigenvalue weighted by molar-refractivity contribution is 5.87. The summed E-state index contributed by atoms with van der Waals surface area (Å²) in [5.74, 6) is -1.10. The van der Waals surface area contributed by atoms with Crippen LogP contribution in [0.1, 0.15) is 70.9 Å². The van der Waals surface area contributed by atoms with Gasteiger partial charge < -0.3 is 28.2 Å². The first-order valence-electron chi connectivity index (χ1n) is 16.1. The molecule has 45 heavy (non-hydrogen) atoms. The molecule has 5 aliphatic rings. The summed E-state index contributed by atoms with van der Waals surface area (Å²) in [7, 11) is 0. The number of fused-ring (bicyclic) bond motifs is 4. The number of aldehydes is 1. The first-order chi connectivity index (χ1) is 21.5. The molecule has 3 aliphatic carbocycles. The summed E-state index contributed by atoms with van der Waals surface area (Å²) in [5, 5.41) is 0. The van der Waals surface area contributed by atoms with Crippen molar-refractivity contribution in [1.82, 2.24) is 0 Å². The summed E-state index contributed by atoms with van der Waals surface area (Å²) >= 11 is 0. The Morgan fingerprint density at radius 3 is 2.51 bits per heavy atom. The molecule has 238 valence electrons. The van der Waals surface area contributed by atoms with E-state index in [0.717, 1.165) is 23.8 Å². The minimum absolute atomic E-state index is 0.118. The van der Waals surface area contributed by atoms with Gasteiger partial charge >= 0.3 is 11.9 Å². The molecule has 0 bridgehead atoms. The van der Waals surface area contributed by atoms with E-state index in [1.807, 2.05) is 36.4 Å². The summed E-state index contributed by atoms with van der Waals surface area (Å²) < 4.78 is 31.5. The van der Waals surface area contributed by atoms with Gasteiger partial charge in [-0.2, -0.15) is 0 Å². The molecule has 3 heterocycles. The van der Waals surface area contributed by atoms with E-state index < -0.39 is 34.4 Å². The van der Waals surface area contributed by atoms with E-state index in [9.17, 15) is 14.4 Å². The number of ether oxygens (including phenoxy) is 4. The van der Waals surface area contributed by atoms with Gasteiger partial charge in [0.15, 0.2) is 0 Å². The quantitative estimate of drug-likeness (QED) is 0.161. The van der Waals surface area contributed by atoms with Crippen molar-refractivity contribution in [3.05, 3.63) is 77.3 Å². The third-order valence-corrected chi connectivity index (χ3v) is 12.2. The fourth-order valence-electron chi connectivity index (χ4n) is 10.5. The number of carbonyl (C=O) groups excluding carboxylic acids is 3. The number of rotatable bonds is 7. The van der Waals surface area contributed by atoms with Gasteiger partial charge in [0.05, 0.1) is 37.4 Å². The minimum atomic E-state index is -0.686. The van der Waals surface area contributed by atoms with Gasteiger partial charge in [0.1, 0.15) is 18.5 Å². The first-order valence-corrected chi connectivity index (χ1v) is 16.1. The molecular formula is C37H42O8. The van der Waals surface area contributed by atoms with Crippen molar-refractivity contribution in [2.24, 2.45) is 28.1 Å². The van der Waals surface area contributed by atoms with E-state index in [4.69, 9.17) is 23.4 Å². The van der Waals surface area contributed by atoms with Crippen molar-refractivity contribution in [2.45, 2.75) is 90.3 Å². The van der Waals surface area contributed by atoms with Crippen LogP contribution in [0, 0.1) is 28.1 Å². The zero-order chi connectivity index (χ0) is 31.7. The monoisotopic (exact) mass is 614 g/mol. The number of allylic oxidation sites excluding steroid dienone is 1. The maximum absolute atomic E-state index is 13.5. The van der Waals surface area contributed by atoms with Crippen molar-refractivity contribution in [1.29, 1.82) is 0 Å². The van der Waals surface area contributed by atoms with Gasteiger partial charge in [-0.05, 0) is 48.1 Å². The van der Waals surface area contributed by atoms with Crippen LogP contribution in [-0.4, -0.2) is 55.4 Å². The molecule has 0 amide bonds. The van der Waals surface area contributed by atoms with Gasteiger partial charge in [0.2, 0.25) is 0 Å². The number of carbonyl (C=O) groups is 3. The van der Waals surface area contributed by atoms with E-state index >= 15 is 0 Å². The summed E-state index contributed by atoms with van der Waals surface area (Å²) in [6, 6.07) is 11.6. The Hall–Kier alpha value is -3.49. The minimum Gasteiger partial charge on any atom is -0.472 e. The summed E-state index contributed by atoms with van der Waals surface area (Å²) in [5.41, 5.74) is 2.70. The van der Waals surface area contributed by atoms with Crippen LogP contribution >= 0.6 is 0 Å². The zero-order valence-corrected chi connectivity index (χ0v) is 26.6. The molecule has 1 aromatic heterocycles. The van der Waals surface area contributed by atoms with Gasteiger partial charge in [-0.25, -0.2) is 4.79 Å². The SMILES string of the molecule is CC(=O)OC1CC(OC(=O)C=Cc2ccccc2)C2(C)C3C(OCC13C)C1OC3CC(c4ccoc4)C(C)=C3C1(C)C2CC=O. The Morgan fingerprint density at radius 1 is 1.04 bits per heavy atom. The standard InChI is InChI=1S/C37H42O8/c1-21-25(24-14-16-41-19-24)17-26-31(21)37(5)27(13-15-38)36(4)29(45-30(40)12-11-23-9-7-6-8-10-23)18-28(43-22(2)39)35(3)20-42-32(33(35)36)34(37)44-26/h6-12,14-16,19,25-29,32-34H,13,17-18,20H2,1-5H3. The second-order valence-electron chi connectivity index (χ2n) is 14.4. The highest BCUT2D eigenvalue weighted by atomic mass is 16.6. The Kier molecular flexibility index (Phi) is 7.24. The number of furan rings is 1. The van der Waals surface area contributed by atoms with Crippen molar-refractivity contribution >= 4 is 24.3 Å². The van der Waals surface area contributed by atoms with Gasteiger partial charge in [-0.3, -0.25) is 4.79 Å². The maximum atomic E-state index is 13.5. The predicted molar refractivity (Wildman–Crippen MR) is 165 cm³/mol. The molecule has 11 atom stereocenters. The normalized spacial score (nSPS) is 41.4. The third-order valence-electron chi connectivity index (χ3n) is 12.2. The van der Waals surface area contributed by atoms with E-state index in [-0.39, 0.29) is 48.5 Å². The lowest BCUT2D eigenvalue weighted by Gasteiger charge is -2.65. The molecule has 2 saturated heterocycles. The third kappa shape index (κ3) is 4.35. The predicted octanol–water partition coefficient (Wildman–Crippen LogP) is 6.06. The molecule has 8 heteroatoms. The molecule has 2 aliphatic heterocycles. The maximum Gasteiger partial charge on any atom is 0.331 e. The Bertz CT molecular complexity index is 1540. The van der Waals surface area contributed by atoms with Crippen LogP contribution in [0.15, 0.2) is 70.6 Å². The first kappa shape index (κ1) is 30.2. The van der Waals surface area contributed by atoms with E-state index in [1.54, 1.807) is 18.6 Å². The Labute approximate surface area is 264 Å². The fourth-order valence-corrected chi connectivity index (χ4v) is 10.5. The molecule has 2 saturated carbocycles. The van der Waals surface area contributed by atoms with Gasteiger partial charge in [-0.15, -0.1) is 0 Å². The highest BCUT2D eigenvalue weighted by Crippen LogP contribution is 2.73. The van der Waals surface area contributed by atoms with Crippen LogP contribution in [0.3, 0.4) is 0 Å². The Morgan fingerprint density at radius 2 is 1.82 bits per heavy atom. The lowest BCUT2D eigenvalue weighted by atomic mass is 9.40. The van der Waals surface area contributed by atoms with Crippen LogP contribution in [0.4, 0.5) is 0 Å². The van der Waals surface area contributed by atoms with Crippen molar-refractivity contribution in [3.8, 4) is 0 Å². The summed E-state index contributed by atoms with van der Waals surface area (Å²) in [6.45, 7) is 10.5. The van der Waals surface area contributed by atoms with Crippen molar-refractivity contribution in [3.63, 3.8) is 0 Å². The number of hydrogen-bond acceptors (Lipinski definition) is 8. The highest BCUT2D eigenvalue weighted by Gasteiger charge is 2.78. The average Bonchev–Trinajstić information content (AvgIpc) is 3.78. The van der Waals surface area contributed by atoms with E-state index in [0.29, 0.717) is 13.0 Å². The van der Waals surface area contributed by atoms with Crippen LogP contribution < -0.4 is 0 Å². The molecule has 11 unspecified atom stereocenters. The molecule has 2 aromatic rings. The lowest BCUT2D eigenvalue weighted by molar-refractivity contribution is -0.249. The molecule has 0 spiro atoms. The second kappa shape index (κ2) is 10.8. The number of hydrogen-bond donors (Lipinski definition) is 0. The van der Waals surface area contributed by atoms with Gasteiger partial charge in [0.25, 0.3) is 0 Å². The molecule has 4 fully saturated rings. The largest absolute Gasteiger partial charge is 0.472 e. The van der Waals surface area contributed by atoms with Crippen molar-refractivity contribution in [2.75, 3.05) is 6.61 Å². The van der Waals surface area contributed by atoms with Crippen LogP contribution in [0.2, 0.25) is 0 Å². The molecule has 0 N–H and O–H groups in total. The van der Waals surface area contributed by atoms with Crippen molar-refractivity contribution < 1.29 is 37.7 Å². The van der Waals surface area contributed by atoms with E-state index in [2.05, 4.69) is 27.7 Å². The molecule has 8 nitrogen and oxygen atoms in total. The lowest BCUT2D eigenvalue weighted by Crippen LogP contribution is -2.70. The summed E-state index contributed by atoms with van der Waals surface area (Å²) in [6.07, 6.45) is 7.19. The molecule has 1 aromatic carbocycles. The fraction of sp³-hybridized carbons (Fsp3) is 0.541. The topological polar surface area (TPSA) is 101 Å². The average molecular weight is 615 g/mol.